The van der Waals surface area contributed by atoms with Crippen LogP contribution in [0.5, 0.6) is 0 Å². The maximum Gasteiger partial charge on any atom is 0.0672 e. The minimum Gasteiger partial charge on any atom is -0.385 e. The topological polar surface area (TPSA) is 62.3 Å². The second kappa shape index (κ2) is 9.10. The molecule has 1 aromatic heterocycles. The first kappa shape index (κ1) is 17.1. The summed E-state index contributed by atoms with van der Waals surface area (Å²) in [5, 5.41) is 4.69. The van der Waals surface area contributed by atoms with Gasteiger partial charge in [0.25, 0.3) is 0 Å². The summed E-state index contributed by atoms with van der Waals surface area (Å²) in [6.07, 6.45) is 2.81. The van der Waals surface area contributed by atoms with Gasteiger partial charge in [-0.3, -0.25) is 4.68 Å². The number of ether oxygens (including phenoxy) is 2. The van der Waals surface area contributed by atoms with E-state index in [-0.39, 0.29) is 6.04 Å². The third kappa shape index (κ3) is 4.58. The number of aryl methyl sites for hydroxylation is 1. The predicted molar refractivity (Wildman–Crippen MR) is 80.9 cm³/mol. The Balaban J connectivity index is 2.61. The summed E-state index contributed by atoms with van der Waals surface area (Å²) in [4.78, 5) is 0. The normalized spacial score (nSPS) is 12.8. The summed E-state index contributed by atoms with van der Waals surface area (Å²) < 4.78 is 12.7. The highest BCUT2D eigenvalue weighted by molar-refractivity contribution is 5.29. The maximum atomic E-state index is 6.09. The highest BCUT2D eigenvalue weighted by Gasteiger charge is 2.17. The number of nitrogens with zero attached hydrogens (tertiary/aromatic N) is 2. The Morgan fingerprint density at radius 1 is 1.20 bits per heavy atom. The lowest BCUT2D eigenvalue weighted by atomic mass is 10.0. The molecule has 1 rings (SSSR count). The number of nitrogens with two attached hydrogens (primary N) is 1. The number of hydrogen-bond acceptors (Lipinski definition) is 4. The van der Waals surface area contributed by atoms with Crippen molar-refractivity contribution in [3.8, 4) is 0 Å². The molecule has 5 nitrogen and oxygen atoms in total. The third-order valence-electron chi connectivity index (χ3n) is 3.38. The second-order valence-electron chi connectivity index (χ2n) is 4.98. The molecule has 0 aliphatic rings. The quantitative estimate of drug-likeness (QED) is 0.668. The average Bonchev–Trinajstić information content (AvgIpc) is 2.80. The van der Waals surface area contributed by atoms with Crippen LogP contribution in [0.2, 0.25) is 0 Å². The van der Waals surface area contributed by atoms with Gasteiger partial charge in [-0.1, -0.05) is 13.8 Å². The molecule has 0 saturated heterocycles. The van der Waals surface area contributed by atoms with E-state index in [4.69, 9.17) is 15.2 Å². The molecule has 116 valence electrons. The van der Waals surface area contributed by atoms with Crippen LogP contribution in [0.25, 0.3) is 0 Å². The van der Waals surface area contributed by atoms with E-state index >= 15 is 0 Å². The molecule has 0 saturated carbocycles. The molecule has 2 N–H and O–H groups in total. The number of hydrogen-bond donors (Lipinski definition) is 1. The molecule has 0 aliphatic heterocycles. The number of aromatic nitrogens is 2. The van der Waals surface area contributed by atoms with Gasteiger partial charge in [-0.2, -0.15) is 5.10 Å². The fourth-order valence-corrected chi connectivity index (χ4v) is 2.47. The molecule has 0 bridgehead atoms. The van der Waals surface area contributed by atoms with Crippen LogP contribution in [0, 0.1) is 0 Å². The fourth-order valence-electron chi connectivity index (χ4n) is 2.47. The van der Waals surface area contributed by atoms with E-state index in [1.165, 1.54) is 11.3 Å². The smallest absolute Gasteiger partial charge is 0.0672 e. The molecule has 0 aliphatic carbocycles. The van der Waals surface area contributed by atoms with Crippen molar-refractivity contribution in [2.24, 2.45) is 5.73 Å². The first-order valence-corrected chi connectivity index (χ1v) is 7.56. The molecule has 0 radical (unpaired) electrons. The molecular formula is C15H29N3O2. The van der Waals surface area contributed by atoms with Crippen LogP contribution < -0.4 is 5.73 Å². The first-order valence-electron chi connectivity index (χ1n) is 7.56. The average molecular weight is 283 g/mol. The van der Waals surface area contributed by atoms with Crippen LogP contribution >= 0.6 is 0 Å². The van der Waals surface area contributed by atoms with E-state index in [0.717, 1.165) is 44.7 Å². The lowest BCUT2D eigenvalue weighted by molar-refractivity contribution is 0.0956. The summed E-state index contributed by atoms with van der Waals surface area (Å²) in [5.74, 6) is 0. The van der Waals surface area contributed by atoms with E-state index < -0.39 is 0 Å². The summed E-state index contributed by atoms with van der Waals surface area (Å²) in [7, 11) is 1.71. The number of methoxy groups -OCH3 is 1. The highest BCUT2D eigenvalue weighted by Crippen LogP contribution is 2.22. The van der Waals surface area contributed by atoms with Crippen LogP contribution in [-0.4, -0.2) is 36.7 Å². The Morgan fingerprint density at radius 2 is 1.95 bits per heavy atom. The standard InChI is InChI=1S/C15H29N3O2/c1-5-13-15(12(3)16)14(6-2)18(17-13)8-11-20-10-7-9-19-4/h12H,5-11,16H2,1-4H3. The van der Waals surface area contributed by atoms with Crippen molar-refractivity contribution in [1.82, 2.24) is 9.78 Å². The zero-order valence-corrected chi connectivity index (χ0v) is 13.3. The summed E-state index contributed by atoms with van der Waals surface area (Å²) in [6, 6.07) is 0.0382. The molecule has 1 heterocycles. The van der Waals surface area contributed by atoms with E-state index in [1.54, 1.807) is 7.11 Å². The zero-order valence-electron chi connectivity index (χ0n) is 13.3. The Labute approximate surface area is 122 Å². The fraction of sp³-hybridized carbons (Fsp3) is 0.800. The molecule has 1 unspecified atom stereocenters. The molecule has 0 fully saturated rings. The molecule has 5 heteroatoms. The monoisotopic (exact) mass is 283 g/mol. The van der Waals surface area contributed by atoms with Gasteiger partial charge in [0.2, 0.25) is 0 Å². The molecule has 20 heavy (non-hydrogen) atoms. The van der Waals surface area contributed by atoms with Crippen molar-refractivity contribution in [2.45, 2.75) is 52.6 Å². The van der Waals surface area contributed by atoms with Gasteiger partial charge in [0.1, 0.15) is 0 Å². The van der Waals surface area contributed by atoms with E-state index in [0.29, 0.717) is 6.61 Å². The maximum absolute atomic E-state index is 6.09. The van der Waals surface area contributed by atoms with E-state index in [2.05, 4.69) is 23.6 Å². The first-order chi connectivity index (χ1) is 9.65. The Bertz CT molecular complexity index is 389. The molecular weight excluding hydrogens is 254 g/mol. The Hall–Kier alpha value is -0.910. The van der Waals surface area contributed by atoms with Crippen LogP contribution in [0.15, 0.2) is 0 Å². The van der Waals surface area contributed by atoms with E-state index in [1.807, 2.05) is 6.92 Å². The van der Waals surface area contributed by atoms with Crippen LogP contribution in [0.1, 0.15) is 50.2 Å². The van der Waals surface area contributed by atoms with Gasteiger partial charge < -0.3 is 15.2 Å². The highest BCUT2D eigenvalue weighted by atomic mass is 16.5. The van der Waals surface area contributed by atoms with Gasteiger partial charge in [-0.25, -0.2) is 0 Å². The molecule has 0 aromatic carbocycles. The summed E-state index contributed by atoms with van der Waals surface area (Å²) in [5.41, 5.74) is 9.68. The second-order valence-corrected chi connectivity index (χ2v) is 4.98. The molecule has 0 spiro atoms. The van der Waals surface area contributed by atoms with Crippen molar-refractivity contribution in [3.05, 3.63) is 17.0 Å². The zero-order chi connectivity index (χ0) is 15.0. The SMILES string of the molecule is CCc1nn(CCOCCCOC)c(CC)c1C(C)N. The van der Waals surface area contributed by atoms with Crippen molar-refractivity contribution >= 4 is 0 Å². The molecule has 1 aromatic rings. The lowest BCUT2D eigenvalue weighted by Gasteiger charge is -2.10. The van der Waals surface area contributed by atoms with Crippen molar-refractivity contribution < 1.29 is 9.47 Å². The van der Waals surface area contributed by atoms with Gasteiger partial charge in [0.15, 0.2) is 0 Å². The molecule has 0 amide bonds. The lowest BCUT2D eigenvalue weighted by Crippen LogP contribution is -2.13. The summed E-state index contributed by atoms with van der Waals surface area (Å²) >= 11 is 0. The largest absolute Gasteiger partial charge is 0.385 e. The van der Waals surface area contributed by atoms with Gasteiger partial charge in [-0.15, -0.1) is 0 Å². The predicted octanol–water partition coefficient (Wildman–Crippen LogP) is 2.08. The summed E-state index contributed by atoms with van der Waals surface area (Å²) in [6.45, 7) is 9.25. The van der Waals surface area contributed by atoms with Crippen LogP contribution in [0.3, 0.4) is 0 Å². The Kier molecular flexibility index (Phi) is 7.80. The number of rotatable bonds is 10. The Morgan fingerprint density at radius 3 is 2.50 bits per heavy atom. The minimum absolute atomic E-state index is 0.0382. The van der Waals surface area contributed by atoms with Gasteiger partial charge >= 0.3 is 0 Å². The van der Waals surface area contributed by atoms with Crippen molar-refractivity contribution in [3.63, 3.8) is 0 Å². The van der Waals surface area contributed by atoms with Gasteiger partial charge in [-0.05, 0) is 26.2 Å². The van der Waals surface area contributed by atoms with Crippen LogP contribution in [0.4, 0.5) is 0 Å². The third-order valence-corrected chi connectivity index (χ3v) is 3.38. The van der Waals surface area contributed by atoms with Gasteiger partial charge in [0, 0.05) is 37.6 Å². The van der Waals surface area contributed by atoms with Crippen molar-refractivity contribution in [2.75, 3.05) is 26.9 Å². The van der Waals surface area contributed by atoms with Crippen LogP contribution in [-0.2, 0) is 28.9 Å². The van der Waals surface area contributed by atoms with Gasteiger partial charge in [0.05, 0.1) is 18.8 Å². The minimum atomic E-state index is 0.0382. The van der Waals surface area contributed by atoms with E-state index in [9.17, 15) is 0 Å². The molecule has 1 atom stereocenters. The van der Waals surface area contributed by atoms with Crippen molar-refractivity contribution in [1.29, 1.82) is 0 Å².